The molecule has 1 unspecified atom stereocenters. The molecule has 1 aliphatic rings. The standard InChI is InChI=1S/C19H20N2O3/c1-11-5-6-16-15(7-11)19(18(23)21-16,9-17(22)24-4)14-8-12(2)10-20-13(14)3/h5-8,10H,9H2,1-4H3,(H,21,23). The summed E-state index contributed by atoms with van der Waals surface area (Å²) < 4.78 is 4.88. The van der Waals surface area contributed by atoms with Crippen molar-refractivity contribution in [1.29, 1.82) is 0 Å². The van der Waals surface area contributed by atoms with Crippen molar-refractivity contribution in [3.63, 3.8) is 0 Å². The van der Waals surface area contributed by atoms with Crippen LogP contribution >= 0.6 is 0 Å². The molecule has 0 saturated carbocycles. The maximum absolute atomic E-state index is 13.0. The lowest BCUT2D eigenvalue weighted by molar-refractivity contribution is -0.143. The van der Waals surface area contributed by atoms with Crippen molar-refractivity contribution < 1.29 is 14.3 Å². The maximum atomic E-state index is 13.0. The molecule has 1 aromatic heterocycles. The average molecular weight is 324 g/mol. The Bertz CT molecular complexity index is 845. The second-order valence-corrected chi connectivity index (χ2v) is 6.31. The molecule has 124 valence electrons. The third-order valence-electron chi connectivity index (χ3n) is 4.59. The van der Waals surface area contributed by atoms with Crippen LogP contribution in [0.15, 0.2) is 30.5 Å². The van der Waals surface area contributed by atoms with Crippen molar-refractivity contribution in [3.05, 3.63) is 58.4 Å². The van der Waals surface area contributed by atoms with Gasteiger partial charge in [-0.1, -0.05) is 23.8 Å². The number of amides is 1. The maximum Gasteiger partial charge on any atom is 0.307 e. The molecule has 1 atom stereocenters. The molecule has 24 heavy (non-hydrogen) atoms. The van der Waals surface area contributed by atoms with Crippen molar-refractivity contribution in [2.75, 3.05) is 12.4 Å². The number of aromatic nitrogens is 1. The minimum absolute atomic E-state index is 0.0578. The first-order valence-electron chi connectivity index (χ1n) is 7.81. The van der Waals surface area contributed by atoms with Gasteiger partial charge in [-0.25, -0.2) is 0 Å². The van der Waals surface area contributed by atoms with E-state index in [0.717, 1.165) is 33.6 Å². The molecule has 0 aliphatic carbocycles. The molecule has 1 aliphatic heterocycles. The van der Waals surface area contributed by atoms with Crippen molar-refractivity contribution in [3.8, 4) is 0 Å². The van der Waals surface area contributed by atoms with Gasteiger partial charge in [-0.05, 0) is 43.5 Å². The van der Waals surface area contributed by atoms with Crippen molar-refractivity contribution in [1.82, 2.24) is 4.98 Å². The monoisotopic (exact) mass is 324 g/mol. The van der Waals surface area contributed by atoms with E-state index < -0.39 is 11.4 Å². The van der Waals surface area contributed by atoms with Gasteiger partial charge < -0.3 is 10.1 Å². The summed E-state index contributed by atoms with van der Waals surface area (Å²) in [5.74, 6) is -0.649. The van der Waals surface area contributed by atoms with Gasteiger partial charge in [0, 0.05) is 17.6 Å². The number of benzene rings is 1. The molecule has 5 nitrogen and oxygen atoms in total. The molecule has 0 fully saturated rings. The van der Waals surface area contributed by atoms with Crippen LogP contribution in [0.2, 0.25) is 0 Å². The molecule has 3 rings (SSSR count). The molecule has 0 radical (unpaired) electrons. The molecule has 1 aromatic carbocycles. The van der Waals surface area contributed by atoms with Crippen molar-refractivity contribution >= 4 is 17.6 Å². The van der Waals surface area contributed by atoms with E-state index in [4.69, 9.17) is 4.74 Å². The number of nitrogens with one attached hydrogen (secondary N) is 1. The van der Waals surface area contributed by atoms with Gasteiger partial charge in [0.05, 0.1) is 13.5 Å². The number of anilines is 1. The topological polar surface area (TPSA) is 68.3 Å². The van der Waals surface area contributed by atoms with Gasteiger partial charge in [-0.15, -0.1) is 0 Å². The van der Waals surface area contributed by atoms with Gasteiger partial charge in [0.1, 0.15) is 5.41 Å². The number of aryl methyl sites for hydroxylation is 3. The van der Waals surface area contributed by atoms with E-state index in [2.05, 4.69) is 10.3 Å². The molecule has 0 bridgehead atoms. The normalized spacial score (nSPS) is 18.9. The number of nitrogens with zero attached hydrogens (tertiary/aromatic N) is 1. The highest BCUT2D eigenvalue weighted by atomic mass is 16.5. The number of methoxy groups -OCH3 is 1. The summed E-state index contributed by atoms with van der Waals surface area (Å²) in [7, 11) is 1.33. The van der Waals surface area contributed by atoms with Gasteiger partial charge >= 0.3 is 5.97 Å². The molecular formula is C19H20N2O3. The zero-order chi connectivity index (χ0) is 17.5. The van der Waals surface area contributed by atoms with Crippen LogP contribution in [0.5, 0.6) is 0 Å². The highest BCUT2D eigenvalue weighted by Crippen LogP contribution is 2.46. The van der Waals surface area contributed by atoms with E-state index in [1.807, 2.05) is 45.0 Å². The summed E-state index contributed by atoms with van der Waals surface area (Å²) >= 11 is 0. The van der Waals surface area contributed by atoms with Crippen LogP contribution in [0.1, 0.15) is 34.4 Å². The molecule has 1 N–H and O–H groups in total. The van der Waals surface area contributed by atoms with Crippen LogP contribution in [0, 0.1) is 20.8 Å². The molecule has 0 saturated heterocycles. The summed E-state index contributed by atoms with van der Waals surface area (Å²) in [6.07, 6.45) is 1.70. The zero-order valence-corrected chi connectivity index (χ0v) is 14.3. The van der Waals surface area contributed by atoms with E-state index in [1.165, 1.54) is 7.11 Å². The predicted molar refractivity (Wildman–Crippen MR) is 90.9 cm³/mol. The van der Waals surface area contributed by atoms with E-state index in [-0.39, 0.29) is 12.3 Å². The fourth-order valence-corrected chi connectivity index (χ4v) is 3.37. The largest absolute Gasteiger partial charge is 0.469 e. The Kier molecular flexibility index (Phi) is 3.87. The second kappa shape index (κ2) is 5.74. The second-order valence-electron chi connectivity index (χ2n) is 6.31. The van der Waals surface area contributed by atoms with E-state index >= 15 is 0 Å². The van der Waals surface area contributed by atoms with Crippen LogP contribution in [0.4, 0.5) is 5.69 Å². The summed E-state index contributed by atoms with van der Waals surface area (Å²) in [6, 6.07) is 7.70. The van der Waals surface area contributed by atoms with E-state index in [0.29, 0.717) is 0 Å². The lowest BCUT2D eigenvalue weighted by atomic mass is 9.71. The number of hydrogen-bond acceptors (Lipinski definition) is 4. The zero-order valence-electron chi connectivity index (χ0n) is 14.3. The third kappa shape index (κ3) is 2.37. The molecule has 0 spiro atoms. The fraction of sp³-hybridized carbons (Fsp3) is 0.316. The first-order valence-corrected chi connectivity index (χ1v) is 7.81. The quantitative estimate of drug-likeness (QED) is 0.882. The fourth-order valence-electron chi connectivity index (χ4n) is 3.37. The lowest BCUT2D eigenvalue weighted by Gasteiger charge is -2.28. The summed E-state index contributed by atoms with van der Waals surface area (Å²) in [6.45, 7) is 5.74. The number of pyridine rings is 1. The number of carbonyl (C=O) groups excluding carboxylic acids is 2. The Labute approximate surface area is 141 Å². The van der Waals surface area contributed by atoms with Crippen LogP contribution < -0.4 is 5.32 Å². The minimum Gasteiger partial charge on any atom is -0.469 e. The highest BCUT2D eigenvalue weighted by molar-refractivity contribution is 6.10. The highest BCUT2D eigenvalue weighted by Gasteiger charge is 2.51. The summed E-state index contributed by atoms with van der Waals surface area (Å²) in [5, 5.41) is 2.92. The Balaban J connectivity index is 2.33. The Hall–Kier alpha value is -2.69. The molecule has 2 heterocycles. The number of rotatable bonds is 3. The van der Waals surface area contributed by atoms with Crippen molar-refractivity contribution in [2.45, 2.75) is 32.6 Å². The lowest BCUT2D eigenvalue weighted by Crippen LogP contribution is -2.39. The minimum atomic E-state index is -1.11. The molecule has 5 heteroatoms. The van der Waals surface area contributed by atoms with Gasteiger partial charge in [0.2, 0.25) is 5.91 Å². The molecule has 2 aromatic rings. The molecule has 1 amide bonds. The first kappa shape index (κ1) is 16.2. The number of hydrogen-bond donors (Lipinski definition) is 1. The summed E-state index contributed by atoms with van der Waals surface area (Å²) in [5.41, 5.74) is 3.86. The number of ether oxygens (including phenoxy) is 1. The Morgan fingerprint density at radius 1 is 1.17 bits per heavy atom. The van der Waals surface area contributed by atoms with Gasteiger partial charge in [-0.2, -0.15) is 0 Å². The molecular weight excluding hydrogens is 304 g/mol. The van der Waals surface area contributed by atoms with Gasteiger partial charge in [-0.3, -0.25) is 14.6 Å². The van der Waals surface area contributed by atoms with Crippen LogP contribution in [0.25, 0.3) is 0 Å². The van der Waals surface area contributed by atoms with Crippen LogP contribution in [0.3, 0.4) is 0 Å². The Morgan fingerprint density at radius 3 is 2.58 bits per heavy atom. The first-order chi connectivity index (χ1) is 11.4. The predicted octanol–water partition coefficient (Wildman–Crippen LogP) is 2.81. The van der Waals surface area contributed by atoms with Crippen LogP contribution in [-0.4, -0.2) is 24.0 Å². The van der Waals surface area contributed by atoms with Crippen LogP contribution in [-0.2, 0) is 19.7 Å². The number of carbonyl (C=O) groups is 2. The third-order valence-corrected chi connectivity index (χ3v) is 4.59. The Morgan fingerprint density at radius 2 is 1.88 bits per heavy atom. The number of esters is 1. The SMILES string of the molecule is COC(=O)CC1(c2cc(C)cnc2C)C(=O)Nc2ccc(C)cc21. The van der Waals surface area contributed by atoms with Gasteiger partial charge in [0.25, 0.3) is 0 Å². The number of fused-ring (bicyclic) bond motifs is 1. The van der Waals surface area contributed by atoms with E-state index in [9.17, 15) is 9.59 Å². The van der Waals surface area contributed by atoms with Crippen molar-refractivity contribution in [2.24, 2.45) is 0 Å². The smallest absolute Gasteiger partial charge is 0.307 e. The van der Waals surface area contributed by atoms with Gasteiger partial charge in [0.15, 0.2) is 0 Å². The summed E-state index contributed by atoms with van der Waals surface area (Å²) in [4.78, 5) is 29.6. The average Bonchev–Trinajstić information content (AvgIpc) is 2.82. The van der Waals surface area contributed by atoms with E-state index in [1.54, 1.807) is 6.20 Å².